The van der Waals surface area contributed by atoms with E-state index in [1.165, 1.54) is 0 Å². The zero-order chi connectivity index (χ0) is 15.7. The number of hydrogen-bond donors (Lipinski definition) is 1. The lowest BCUT2D eigenvalue weighted by Gasteiger charge is -2.12. The van der Waals surface area contributed by atoms with Crippen LogP contribution < -0.4 is 5.32 Å². The molecular weight excluding hydrogens is 340 g/mol. The average molecular weight is 354 g/mol. The van der Waals surface area contributed by atoms with Crippen LogP contribution in [0, 0.1) is 32.4 Å². The summed E-state index contributed by atoms with van der Waals surface area (Å²) in [6, 6.07) is 5.69. The number of hydrogen-bond acceptors (Lipinski definition) is 1. The van der Waals surface area contributed by atoms with E-state index in [2.05, 4.69) is 21.2 Å². The molecule has 1 amide bonds. The highest BCUT2D eigenvalue weighted by molar-refractivity contribution is 9.10. The maximum atomic E-state index is 13.8. The molecule has 0 atom stereocenters. The monoisotopic (exact) mass is 353 g/mol. The van der Waals surface area contributed by atoms with Gasteiger partial charge in [0.05, 0.1) is 10.2 Å². The van der Waals surface area contributed by atoms with E-state index < -0.39 is 17.5 Å². The van der Waals surface area contributed by atoms with Crippen molar-refractivity contribution in [1.29, 1.82) is 0 Å². The third-order valence-electron chi connectivity index (χ3n) is 3.16. The van der Waals surface area contributed by atoms with Gasteiger partial charge in [-0.25, -0.2) is 8.78 Å². The van der Waals surface area contributed by atoms with Gasteiger partial charge in [0.2, 0.25) is 0 Å². The van der Waals surface area contributed by atoms with Gasteiger partial charge in [-0.15, -0.1) is 0 Å². The predicted molar refractivity (Wildman–Crippen MR) is 82.7 cm³/mol. The normalized spacial score (nSPS) is 10.6. The van der Waals surface area contributed by atoms with Crippen LogP contribution in [0.3, 0.4) is 0 Å². The molecule has 2 nitrogen and oxygen atoms in total. The molecule has 0 aliphatic rings. The number of carbonyl (C=O) groups excluding carboxylic acids is 1. The minimum Gasteiger partial charge on any atom is -0.319 e. The molecule has 0 saturated heterocycles. The van der Waals surface area contributed by atoms with Crippen molar-refractivity contribution in [1.82, 2.24) is 0 Å². The molecule has 0 aliphatic heterocycles. The Balaban J connectivity index is 2.37. The Kier molecular flexibility index (Phi) is 4.42. The second kappa shape index (κ2) is 5.93. The lowest BCUT2D eigenvalue weighted by Crippen LogP contribution is -2.16. The average Bonchev–Trinajstić information content (AvgIpc) is 2.34. The molecule has 0 aliphatic carbocycles. The molecule has 0 saturated carbocycles. The number of anilines is 1. The first-order valence-electron chi connectivity index (χ1n) is 6.33. The molecule has 0 bridgehead atoms. The van der Waals surface area contributed by atoms with Gasteiger partial charge in [-0.2, -0.15) is 0 Å². The molecule has 0 unspecified atom stereocenters. The zero-order valence-electron chi connectivity index (χ0n) is 11.9. The van der Waals surface area contributed by atoms with Gasteiger partial charge in [0.25, 0.3) is 5.91 Å². The van der Waals surface area contributed by atoms with Crippen LogP contribution in [-0.4, -0.2) is 5.91 Å². The van der Waals surface area contributed by atoms with Crippen LogP contribution in [0.2, 0.25) is 0 Å². The van der Waals surface area contributed by atoms with Crippen molar-refractivity contribution < 1.29 is 13.6 Å². The molecule has 0 fully saturated rings. The van der Waals surface area contributed by atoms with Crippen molar-refractivity contribution in [2.45, 2.75) is 20.8 Å². The van der Waals surface area contributed by atoms with E-state index in [-0.39, 0.29) is 10.2 Å². The molecule has 5 heteroatoms. The van der Waals surface area contributed by atoms with Gasteiger partial charge in [0.1, 0.15) is 11.6 Å². The first kappa shape index (κ1) is 15.6. The number of aryl methyl sites for hydroxylation is 3. The van der Waals surface area contributed by atoms with Crippen molar-refractivity contribution >= 4 is 27.5 Å². The Bertz CT molecular complexity index is 705. The minimum absolute atomic E-state index is 0.0145. The smallest absolute Gasteiger partial charge is 0.256 e. The number of amides is 1. The summed E-state index contributed by atoms with van der Waals surface area (Å²) in [6.07, 6.45) is 0. The highest BCUT2D eigenvalue weighted by Crippen LogP contribution is 2.25. The number of rotatable bonds is 2. The quantitative estimate of drug-likeness (QED) is 0.764. The standard InChI is InChI=1S/C16H14BrF2NO/c1-8-4-9(2)15(10(3)5-8)16(21)20-14-7-12(18)11(17)6-13(14)19/h4-7H,1-3H3,(H,20,21). The first-order chi connectivity index (χ1) is 9.79. The van der Waals surface area contributed by atoms with E-state index in [0.29, 0.717) is 5.56 Å². The summed E-state index contributed by atoms with van der Waals surface area (Å²) in [5.74, 6) is -1.78. The Labute approximate surface area is 130 Å². The molecule has 0 heterocycles. The fraction of sp³-hybridized carbons (Fsp3) is 0.188. The Morgan fingerprint density at radius 1 is 1.00 bits per heavy atom. The topological polar surface area (TPSA) is 29.1 Å². The summed E-state index contributed by atoms with van der Waals surface area (Å²) < 4.78 is 27.2. The van der Waals surface area contributed by atoms with E-state index in [9.17, 15) is 13.6 Å². The molecule has 0 spiro atoms. The zero-order valence-corrected chi connectivity index (χ0v) is 13.4. The maximum Gasteiger partial charge on any atom is 0.256 e. The first-order valence-corrected chi connectivity index (χ1v) is 7.12. The molecule has 1 N–H and O–H groups in total. The van der Waals surface area contributed by atoms with Crippen molar-refractivity contribution in [2.75, 3.05) is 5.32 Å². The Morgan fingerprint density at radius 3 is 2.14 bits per heavy atom. The van der Waals surface area contributed by atoms with E-state index in [1.54, 1.807) is 0 Å². The van der Waals surface area contributed by atoms with E-state index in [4.69, 9.17) is 0 Å². The second-order valence-corrected chi connectivity index (χ2v) is 5.83. The van der Waals surface area contributed by atoms with E-state index >= 15 is 0 Å². The van der Waals surface area contributed by atoms with Crippen LogP contribution in [0.1, 0.15) is 27.0 Å². The minimum atomic E-state index is -0.695. The fourth-order valence-electron chi connectivity index (χ4n) is 2.34. The molecular formula is C16H14BrF2NO. The summed E-state index contributed by atoms with van der Waals surface area (Å²) in [6.45, 7) is 5.56. The number of benzene rings is 2. The lowest BCUT2D eigenvalue weighted by molar-refractivity contribution is 0.102. The van der Waals surface area contributed by atoms with E-state index in [0.717, 1.165) is 28.8 Å². The largest absolute Gasteiger partial charge is 0.319 e. The second-order valence-electron chi connectivity index (χ2n) is 4.97. The molecule has 2 aromatic rings. The molecule has 2 rings (SSSR count). The van der Waals surface area contributed by atoms with Gasteiger partial charge in [0.15, 0.2) is 0 Å². The molecule has 110 valence electrons. The van der Waals surface area contributed by atoms with Crippen LogP contribution in [0.5, 0.6) is 0 Å². The van der Waals surface area contributed by atoms with Gasteiger partial charge < -0.3 is 5.32 Å². The van der Waals surface area contributed by atoms with E-state index in [1.807, 2.05) is 32.9 Å². The Hall–Kier alpha value is -1.75. The van der Waals surface area contributed by atoms with Gasteiger partial charge >= 0.3 is 0 Å². The van der Waals surface area contributed by atoms with Crippen LogP contribution in [-0.2, 0) is 0 Å². The third-order valence-corrected chi connectivity index (χ3v) is 3.77. The summed E-state index contributed by atoms with van der Waals surface area (Å²) in [7, 11) is 0. The molecule has 0 aromatic heterocycles. The lowest BCUT2D eigenvalue weighted by atomic mass is 9.99. The van der Waals surface area contributed by atoms with Crippen LogP contribution in [0.4, 0.5) is 14.5 Å². The van der Waals surface area contributed by atoms with Gasteiger partial charge in [-0.3, -0.25) is 4.79 Å². The number of nitrogens with one attached hydrogen (secondary N) is 1. The summed E-state index contributed by atoms with van der Waals surface area (Å²) in [4.78, 5) is 12.3. The van der Waals surface area contributed by atoms with Crippen molar-refractivity contribution in [3.05, 3.63) is 62.6 Å². The van der Waals surface area contributed by atoms with Gasteiger partial charge in [0, 0.05) is 11.6 Å². The maximum absolute atomic E-state index is 13.8. The van der Waals surface area contributed by atoms with Gasteiger partial charge in [-0.1, -0.05) is 17.7 Å². The predicted octanol–water partition coefficient (Wildman–Crippen LogP) is 4.90. The molecule has 0 radical (unpaired) electrons. The third kappa shape index (κ3) is 3.29. The van der Waals surface area contributed by atoms with Crippen LogP contribution in [0.15, 0.2) is 28.7 Å². The van der Waals surface area contributed by atoms with Gasteiger partial charge in [-0.05, 0) is 53.9 Å². The number of halogens is 3. The summed E-state index contributed by atoms with van der Waals surface area (Å²) in [5.41, 5.74) is 2.93. The van der Waals surface area contributed by atoms with Crippen LogP contribution >= 0.6 is 15.9 Å². The summed E-state index contributed by atoms with van der Waals surface area (Å²) >= 11 is 2.89. The van der Waals surface area contributed by atoms with Crippen molar-refractivity contribution in [2.24, 2.45) is 0 Å². The van der Waals surface area contributed by atoms with Crippen molar-refractivity contribution in [3.8, 4) is 0 Å². The fourth-order valence-corrected chi connectivity index (χ4v) is 2.66. The molecule has 21 heavy (non-hydrogen) atoms. The highest BCUT2D eigenvalue weighted by atomic mass is 79.9. The van der Waals surface area contributed by atoms with Crippen molar-refractivity contribution in [3.63, 3.8) is 0 Å². The SMILES string of the molecule is Cc1cc(C)c(C(=O)Nc2cc(F)c(Br)cc2F)c(C)c1. The number of carbonyl (C=O) groups is 1. The highest BCUT2D eigenvalue weighted by Gasteiger charge is 2.16. The molecule has 2 aromatic carbocycles. The summed E-state index contributed by atoms with van der Waals surface area (Å²) in [5, 5.41) is 2.42. The Morgan fingerprint density at radius 2 is 1.57 bits per heavy atom. The van der Waals surface area contributed by atoms with Crippen LogP contribution in [0.25, 0.3) is 0 Å².